The highest BCUT2D eigenvalue weighted by Gasteiger charge is 2.37. The molecular formula is C19H22F3N7O. The van der Waals surface area contributed by atoms with Gasteiger partial charge in [0.1, 0.15) is 5.82 Å². The van der Waals surface area contributed by atoms with E-state index in [4.69, 9.17) is 4.74 Å². The topological polar surface area (TPSA) is 71.7 Å². The monoisotopic (exact) mass is 421 g/mol. The van der Waals surface area contributed by atoms with E-state index in [1.54, 1.807) is 6.07 Å². The standard InChI is InChI=1S/C19H22F3N7O/c1-13(2)30-17-6-3-14(11-23-17)12-27-7-9-28(10-8-27)16-5-4-15-24-25-18(19(20,21)22)29(15)26-16/h3-6,11,13H,7-10,12H2,1-2H3. The van der Waals surface area contributed by atoms with E-state index in [0.29, 0.717) is 24.8 Å². The number of halogens is 3. The number of pyridine rings is 1. The lowest BCUT2D eigenvalue weighted by Crippen LogP contribution is -2.46. The number of ether oxygens (including phenoxy) is 1. The number of aromatic nitrogens is 5. The summed E-state index contributed by atoms with van der Waals surface area (Å²) >= 11 is 0. The number of anilines is 1. The molecule has 1 aliphatic rings. The van der Waals surface area contributed by atoms with E-state index in [1.165, 1.54) is 6.07 Å². The van der Waals surface area contributed by atoms with Crippen molar-refractivity contribution >= 4 is 11.5 Å². The first-order valence-corrected chi connectivity index (χ1v) is 9.68. The summed E-state index contributed by atoms with van der Waals surface area (Å²) < 4.78 is 45.5. The number of hydrogen-bond donors (Lipinski definition) is 0. The summed E-state index contributed by atoms with van der Waals surface area (Å²) in [6.45, 7) is 7.49. The lowest BCUT2D eigenvalue weighted by atomic mass is 10.2. The number of rotatable bonds is 5. The van der Waals surface area contributed by atoms with Crippen LogP contribution in [0.1, 0.15) is 25.2 Å². The smallest absolute Gasteiger partial charge is 0.453 e. The fourth-order valence-corrected chi connectivity index (χ4v) is 3.33. The molecule has 30 heavy (non-hydrogen) atoms. The van der Waals surface area contributed by atoms with Crippen molar-refractivity contribution in [3.05, 3.63) is 41.9 Å². The molecule has 1 fully saturated rings. The van der Waals surface area contributed by atoms with Crippen LogP contribution in [0.3, 0.4) is 0 Å². The third kappa shape index (κ3) is 4.45. The van der Waals surface area contributed by atoms with Crippen LogP contribution >= 0.6 is 0 Å². The van der Waals surface area contributed by atoms with Gasteiger partial charge in [0.05, 0.1) is 6.10 Å². The van der Waals surface area contributed by atoms with Gasteiger partial charge in [-0.1, -0.05) is 6.07 Å². The molecule has 0 bridgehead atoms. The maximum Gasteiger partial charge on any atom is 0.453 e. The Balaban J connectivity index is 1.38. The number of hydrogen-bond acceptors (Lipinski definition) is 7. The second-order valence-corrected chi connectivity index (χ2v) is 7.42. The SMILES string of the molecule is CC(C)Oc1ccc(CN2CCN(c3ccc4nnc(C(F)(F)F)n4n3)CC2)cn1. The molecule has 0 atom stereocenters. The van der Waals surface area contributed by atoms with Crippen molar-refractivity contribution in [3.63, 3.8) is 0 Å². The van der Waals surface area contributed by atoms with Gasteiger partial charge < -0.3 is 9.64 Å². The van der Waals surface area contributed by atoms with Gasteiger partial charge in [-0.05, 0) is 31.5 Å². The Morgan fingerprint density at radius 2 is 1.80 bits per heavy atom. The van der Waals surface area contributed by atoms with E-state index in [-0.39, 0.29) is 11.8 Å². The molecular weight excluding hydrogens is 399 g/mol. The van der Waals surface area contributed by atoms with Crippen molar-refractivity contribution in [2.45, 2.75) is 32.7 Å². The molecule has 11 heteroatoms. The minimum atomic E-state index is -4.60. The van der Waals surface area contributed by atoms with Crippen molar-refractivity contribution in [3.8, 4) is 5.88 Å². The molecule has 0 spiro atoms. The van der Waals surface area contributed by atoms with Crippen LogP contribution in [0.2, 0.25) is 0 Å². The fourth-order valence-electron chi connectivity index (χ4n) is 3.33. The molecule has 0 N–H and O–H groups in total. The van der Waals surface area contributed by atoms with Crippen LogP contribution in [0.25, 0.3) is 5.65 Å². The molecule has 8 nitrogen and oxygen atoms in total. The maximum absolute atomic E-state index is 13.1. The number of alkyl halides is 3. The van der Waals surface area contributed by atoms with Gasteiger partial charge in [-0.2, -0.15) is 17.7 Å². The Labute approximate surface area is 171 Å². The zero-order valence-corrected chi connectivity index (χ0v) is 16.7. The van der Waals surface area contributed by atoms with Gasteiger partial charge in [0.15, 0.2) is 5.65 Å². The summed E-state index contributed by atoms with van der Waals surface area (Å²) in [7, 11) is 0. The third-order valence-corrected chi connectivity index (χ3v) is 4.76. The molecule has 3 aromatic heterocycles. The van der Waals surface area contributed by atoms with E-state index >= 15 is 0 Å². The van der Waals surface area contributed by atoms with E-state index in [1.807, 2.05) is 37.1 Å². The highest BCUT2D eigenvalue weighted by molar-refractivity contribution is 5.46. The van der Waals surface area contributed by atoms with Crippen molar-refractivity contribution < 1.29 is 17.9 Å². The number of piperazine rings is 1. The van der Waals surface area contributed by atoms with E-state index < -0.39 is 12.0 Å². The van der Waals surface area contributed by atoms with Crippen molar-refractivity contribution in [1.82, 2.24) is 29.7 Å². The molecule has 4 heterocycles. The molecule has 160 valence electrons. The van der Waals surface area contributed by atoms with Gasteiger partial charge in [-0.15, -0.1) is 15.3 Å². The zero-order valence-electron chi connectivity index (χ0n) is 16.7. The van der Waals surface area contributed by atoms with Crippen molar-refractivity contribution in [2.24, 2.45) is 0 Å². The number of nitrogens with zero attached hydrogens (tertiary/aromatic N) is 7. The molecule has 4 rings (SSSR count). The first kappa shape index (κ1) is 20.3. The van der Waals surface area contributed by atoms with Crippen LogP contribution in [0.4, 0.5) is 19.0 Å². The maximum atomic E-state index is 13.1. The molecule has 0 aromatic carbocycles. The highest BCUT2D eigenvalue weighted by Crippen LogP contribution is 2.28. The lowest BCUT2D eigenvalue weighted by Gasteiger charge is -2.35. The van der Waals surface area contributed by atoms with Crippen LogP contribution in [0.15, 0.2) is 30.5 Å². The fraction of sp³-hybridized carbons (Fsp3) is 0.474. The Hall–Kier alpha value is -2.95. The molecule has 0 aliphatic carbocycles. The van der Waals surface area contributed by atoms with Crippen LogP contribution in [0.5, 0.6) is 5.88 Å². The summed E-state index contributed by atoms with van der Waals surface area (Å²) in [6.07, 6.45) is -2.72. The largest absolute Gasteiger partial charge is 0.475 e. The van der Waals surface area contributed by atoms with Crippen molar-refractivity contribution in [1.29, 1.82) is 0 Å². The van der Waals surface area contributed by atoms with Crippen LogP contribution < -0.4 is 9.64 Å². The summed E-state index contributed by atoms with van der Waals surface area (Å²) in [6, 6.07) is 7.04. The van der Waals surface area contributed by atoms with Crippen molar-refractivity contribution in [2.75, 3.05) is 31.1 Å². The Kier molecular flexibility index (Phi) is 5.46. The van der Waals surface area contributed by atoms with E-state index in [9.17, 15) is 13.2 Å². The average Bonchev–Trinajstić information content (AvgIpc) is 3.13. The van der Waals surface area contributed by atoms with Crippen LogP contribution in [-0.2, 0) is 12.7 Å². The quantitative estimate of drug-likeness (QED) is 0.627. The first-order chi connectivity index (χ1) is 14.3. The Morgan fingerprint density at radius 3 is 2.43 bits per heavy atom. The minimum absolute atomic E-state index is 0.0714. The molecule has 3 aromatic rings. The molecule has 0 amide bonds. The van der Waals surface area contributed by atoms with E-state index in [2.05, 4.69) is 25.2 Å². The van der Waals surface area contributed by atoms with Crippen LogP contribution in [-0.4, -0.2) is 62.0 Å². The van der Waals surface area contributed by atoms with Gasteiger partial charge in [0, 0.05) is 45.0 Å². The second-order valence-electron chi connectivity index (χ2n) is 7.42. The molecule has 0 unspecified atom stereocenters. The summed E-state index contributed by atoms with van der Waals surface area (Å²) in [5.41, 5.74) is 1.15. The summed E-state index contributed by atoms with van der Waals surface area (Å²) in [5, 5.41) is 10.9. The Morgan fingerprint density at radius 1 is 1.03 bits per heavy atom. The van der Waals surface area contributed by atoms with Gasteiger partial charge in [0.25, 0.3) is 5.82 Å². The molecule has 0 saturated carbocycles. The zero-order chi connectivity index (χ0) is 21.3. The average molecular weight is 421 g/mol. The molecule has 1 saturated heterocycles. The van der Waals surface area contributed by atoms with Gasteiger partial charge in [-0.25, -0.2) is 4.98 Å². The second kappa shape index (κ2) is 8.05. The minimum Gasteiger partial charge on any atom is -0.475 e. The lowest BCUT2D eigenvalue weighted by molar-refractivity contribution is -0.146. The molecule has 0 radical (unpaired) electrons. The van der Waals surface area contributed by atoms with Gasteiger partial charge >= 0.3 is 6.18 Å². The third-order valence-electron chi connectivity index (χ3n) is 4.76. The predicted molar refractivity (Wildman–Crippen MR) is 103 cm³/mol. The van der Waals surface area contributed by atoms with Gasteiger partial charge in [-0.3, -0.25) is 4.90 Å². The molecule has 1 aliphatic heterocycles. The number of fused-ring (bicyclic) bond motifs is 1. The van der Waals surface area contributed by atoms with Gasteiger partial charge in [0.2, 0.25) is 5.88 Å². The first-order valence-electron chi connectivity index (χ1n) is 9.68. The normalized spacial score (nSPS) is 15.9. The summed E-state index contributed by atoms with van der Waals surface area (Å²) in [5.74, 6) is -0.0352. The highest BCUT2D eigenvalue weighted by atomic mass is 19.4. The predicted octanol–water partition coefficient (Wildman–Crippen LogP) is 2.65. The van der Waals surface area contributed by atoms with E-state index in [0.717, 1.165) is 29.7 Å². The van der Waals surface area contributed by atoms with Crippen LogP contribution in [0, 0.1) is 0 Å². The Bertz CT molecular complexity index is 996. The summed E-state index contributed by atoms with van der Waals surface area (Å²) in [4.78, 5) is 8.56.